The minimum atomic E-state index is -2.23. The molecule has 1 rings (SSSR count). The molecule has 0 aliphatic heterocycles. The van der Waals surface area contributed by atoms with Crippen molar-refractivity contribution in [1.29, 1.82) is 0 Å². The lowest BCUT2D eigenvalue weighted by Gasteiger charge is -1.99. The second-order valence-corrected chi connectivity index (χ2v) is 4.92. The Morgan fingerprint density at radius 1 is 1.62 bits per heavy atom. The number of hydrogen-bond donors (Lipinski definition) is 2. The standard InChI is InChI=1S/C9H18NO2P/c10-9-5-4-8(7-9)3-1-2-6-13(11)12/h7,9,13H,1-6,10H2,(H,11,12). The predicted octanol–water partition coefficient (Wildman–Crippen LogP) is 1.67. The first-order valence-corrected chi connectivity index (χ1v) is 6.41. The molecule has 13 heavy (non-hydrogen) atoms. The average molecular weight is 203 g/mol. The highest BCUT2D eigenvalue weighted by atomic mass is 31.1. The van der Waals surface area contributed by atoms with Crippen molar-refractivity contribution in [3.05, 3.63) is 11.6 Å². The van der Waals surface area contributed by atoms with Gasteiger partial charge < -0.3 is 10.6 Å². The van der Waals surface area contributed by atoms with Crippen LogP contribution in [-0.2, 0) is 4.57 Å². The maximum atomic E-state index is 10.4. The summed E-state index contributed by atoms with van der Waals surface area (Å²) in [7, 11) is -2.23. The Morgan fingerprint density at radius 2 is 2.38 bits per heavy atom. The van der Waals surface area contributed by atoms with Crippen molar-refractivity contribution in [2.24, 2.45) is 5.73 Å². The first-order valence-electron chi connectivity index (χ1n) is 4.85. The van der Waals surface area contributed by atoms with Crippen molar-refractivity contribution >= 4 is 8.03 Å². The fraction of sp³-hybridized carbons (Fsp3) is 0.778. The Labute approximate surface area is 79.9 Å². The fourth-order valence-corrected chi connectivity index (χ4v) is 2.21. The van der Waals surface area contributed by atoms with Crippen LogP contribution in [0.4, 0.5) is 0 Å². The number of unbranched alkanes of at least 4 members (excludes halogenated alkanes) is 1. The Hall–Kier alpha value is -0.110. The summed E-state index contributed by atoms with van der Waals surface area (Å²) in [6.07, 6.45) is 7.76. The maximum absolute atomic E-state index is 10.4. The SMILES string of the molecule is NC1C=C(CCCC[PH](=O)O)CC1. The maximum Gasteiger partial charge on any atom is 0.189 e. The topological polar surface area (TPSA) is 63.3 Å². The minimum Gasteiger partial charge on any atom is -0.346 e. The van der Waals surface area contributed by atoms with Crippen LogP contribution in [0.1, 0.15) is 32.1 Å². The van der Waals surface area contributed by atoms with Crippen molar-refractivity contribution in [2.75, 3.05) is 6.16 Å². The van der Waals surface area contributed by atoms with Gasteiger partial charge in [0.25, 0.3) is 0 Å². The van der Waals surface area contributed by atoms with Gasteiger partial charge in [-0.2, -0.15) is 0 Å². The van der Waals surface area contributed by atoms with Crippen molar-refractivity contribution in [1.82, 2.24) is 0 Å². The number of hydrogen-bond acceptors (Lipinski definition) is 2. The molecule has 0 aromatic heterocycles. The Balaban J connectivity index is 2.06. The minimum absolute atomic E-state index is 0.256. The predicted molar refractivity (Wildman–Crippen MR) is 55.2 cm³/mol. The first kappa shape index (κ1) is 11.0. The van der Waals surface area contributed by atoms with E-state index in [0.717, 1.165) is 32.1 Å². The smallest absolute Gasteiger partial charge is 0.189 e. The van der Waals surface area contributed by atoms with Crippen LogP contribution in [0.3, 0.4) is 0 Å². The summed E-state index contributed by atoms with van der Waals surface area (Å²) in [5, 5.41) is 0. The summed E-state index contributed by atoms with van der Waals surface area (Å²) in [6.45, 7) is 0. The number of rotatable bonds is 5. The van der Waals surface area contributed by atoms with E-state index in [2.05, 4.69) is 6.08 Å². The van der Waals surface area contributed by atoms with Crippen LogP contribution in [0.2, 0.25) is 0 Å². The lowest BCUT2D eigenvalue weighted by Crippen LogP contribution is -2.11. The number of nitrogens with two attached hydrogens (primary N) is 1. The van der Waals surface area contributed by atoms with Crippen molar-refractivity contribution in [3.63, 3.8) is 0 Å². The highest BCUT2D eigenvalue weighted by Crippen LogP contribution is 2.23. The fourth-order valence-electron chi connectivity index (χ4n) is 1.66. The van der Waals surface area contributed by atoms with Crippen LogP contribution in [0, 0.1) is 0 Å². The quantitative estimate of drug-likeness (QED) is 0.406. The van der Waals surface area contributed by atoms with Gasteiger partial charge in [-0.05, 0) is 32.1 Å². The summed E-state index contributed by atoms with van der Waals surface area (Å²) in [5.41, 5.74) is 7.15. The van der Waals surface area contributed by atoms with E-state index in [4.69, 9.17) is 10.6 Å². The molecule has 0 heterocycles. The molecule has 0 aromatic carbocycles. The third kappa shape index (κ3) is 4.61. The molecule has 3 N–H and O–H groups in total. The zero-order valence-corrected chi connectivity index (χ0v) is 8.83. The van der Waals surface area contributed by atoms with Crippen LogP contribution < -0.4 is 5.73 Å². The van der Waals surface area contributed by atoms with E-state index in [9.17, 15) is 4.57 Å². The van der Waals surface area contributed by atoms with E-state index < -0.39 is 8.03 Å². The van der Waals surface area contributed by atoms with Gasteiger partial charge in [-0.25, -0.2) is 0 Å². The molecule has 2 atom stereocenters. The van der Waals surface area contributed by atoms with Crippen molar-refractivity contribution < 1.29 is 9.46 Å². The molecule has 0 radical (unpaired) electrons. The average Bonchev–Trinajstić information content (AvgIpc) is 2.45. The Bertz CT molecular complexity index is 216. The van der Waals surface area contributed by atoms with Crippen LogP contribution in [0.15, 0.2) is 11.6 Å². The molecule has 0 aromatic rings. The lowest BCUT2D eigenvalue weighted by atomic mass is 10.1. The van der Waals surface area contributed by atoms with E-state index in [0.29, 0.717) is 6.16 Å². The van der Waals surface area contributed by atoms with E-state index in [-0.39, 0.29) is 6.04 Å². The van der Waals surface area contributed by atoms with Gasteiger partial charge in [0.15, 0.2) is 8.03 Å². The van der Waals surface area contributed by atoms with E-state index >= 15 is 0 Å². The zero-order valence-electron chi connectivity index (χ0n) is 7.83. The lowest BCUT2D eigenvalue weighted by molar-refractivity contribution is 0.500. The monoisotopic (exact) mass is 203 g/mol. The summed E-state index contributed by atoms with van der Waals surface area (Å²) >= 11 is 0. The molecule has 76 valence electrons. The second-order valence-electron chi connectivity index (χ2n) is 3.63. The second kappa shape index (κ2) is 5.58. The van der Waals surface area contributed by atoms with E-state index in [1.54, 1.807) is 0 Å². The molecule has 0 bridgehead atoms. The molecule has 4 heteroatoms. The number of allylic oxidation sites excluding steroid dienone is 1. The van der Waals surface area contributed by atoms with Crippen molar-refractivity contribution in [2.45, 2.75) is 38.1 Å². The summed E-state index contributed by atoms with van der Waals surface area (Å²) in [4.78, 5) is 8.60. The van der Waals surface area contributed by atoms with Crippen LogP contribution in [0.5, 0.6) is 0 Å². The van der Waals surface area contributed by atoms with Crippen LogP contribution in [0.25, 0.3) is 0 Å². The van der Waals surface area contributed by atoms with Gasteiger partial charge in [0.1, 0.15) is 0 Å². The van der Waals surface area contributed by atoms with Crippen LogP contribution >= 0.6 is 8.03 Å². The van der Waals surface area contributed by atoms with Gasteiger partial charge in [0, 0.05) is 12.2 Å². The summed E-state index contributed by atoms with van der Waals surface area (Å²) in [5.74, 6) is 0. The first-order chi connectivity index (χ1) is 6.18. The molecule has 1 aliphatic rings. The highest BCUT2D eigenvalue weighted by Gasteiger charge is 2.10. The van der Waals surface area contributed by atoms with Gasteiger partial charge in [0.05, 0.1) is 0 Å². The van der Waals surface area contributed by atoms with Crippen molar-refractivity contribution in [3.8, 4) is 0 Å². The van der Waals surface area contributed by atoms with Gasteiger partial charge >= 0.3 is 0 Å². The Kier molecular flexibility index (Phi) is 4.71. The van der Waals surface area contributed by atoms with E-state index in [1.165, 1.54) is 5.57 Å². The molecule has 2 unspecified atom stereocenters. The molecule has 1 aliphatic carbocycles. The molecule has 0 spiro atoms. The van der Waals surface area contributed by atoms with Gasteiger partial charge in [-0.3, -0.25) is 4.57 Å². The largest absolute Gasteiger partial charge is 0.346 e. The van der Waals surface area contributed by atoms with Gasteiger partial charge in [0.2, 0.25) is 0 Å². The van der Waals surface area contributed by atoms with Gasteiger partial charge in [-0.1, -0.05) is 11.6 Å². The Morgan fingerprint density at radius 3 is 2.92 bits per heavy atom. The molecule has 0 saturated heterocycles. The molecule has 0 amide bonds. The molecular formula is C9H18NO2P. The molecule has 0 fully saturated rings. The zero-order chi connectivity index (χ0) is 9.68. The highest BCUT2D eigenvalue weighted by molar-refractivity contribution is 7.37. The third-order valence-corrected chi connectivity index (χ3v) is 3.17. The van der Waals surface area contributed by atoms with E-state index in [1.807, 2.05) is 0 Å². The summed E-state index contributed by atoms with van der Waals surface area (Å²) < 4.78 is 10.4. The summed E-state index contributed by atoms with van der Waals surface area (Å²) in [6, 6.07) is 0.256. The molecular weight excluding hydrogens is 185 g/mol. The third-order valence-electron chi connectivity index (χ3n) is 2.39. The van der Waals surface area contributed by atoms with Gasteiger partial charge in [-0.15, -0.1) is 0 Å². The normalized spacial score (nSPS) is 24.5. The molecule has 3 nitrogen and oxygen atoms in total. The molecule has 0 saturated carbocycles. The van der Waals surface area contributed by atoms with Crippen LogP contribution in [-0.4, -0.2) is 17.1 Å².